The highest BCUT2D eigenvalue weighted by Gasteiger charge is 2.17. The van der Waals surface area contributed by atoms with Crippen LogP contribution in [0.5, 0.6) is 0 Å². The number of aryl methyl sites for hydroxylation is 1. The minimum Gasteiger partial charge on any atom is -0.347 e. The predicted molar refractivity (Wildman–Crippen MR) is 70.9 cm³/mol. The van der Waals surface area contributed by atoms with E-state index in [1.54, 1.807) is 12.4 Å². The van der Waals surface area contributed by atoms with Gasteiger partial charge in [-0.3, -0.25) is 9.59 Å². The Morgan fingerprint density at radius 1 is 1.42 bits per heavy atom. The normalized spacial score (nSPS) is 12.3. The zero-order chi connectivity index (χ0) is 14.4. The number of rotatable bonds is 6. The molecule has 0 fully saturated rings. The number of hydrogen-bond acceptors (Lipinski definition) is 4. The number of nitrogens with one attached hydrogen (secondary N) is 2. The van der Waals surface area contributed by atoms with Crippen molar-refractivity contribution in [2.75, 3.05) is 6.54 Å². The maximum absolute atomic E-state index is 11.5. The summed E-state index contributed by atoms with van der Waals surface area (Å²) in [5, 5.41) is 5.18. The van der Waals surface area contributed by atoms with Crippen molar-refractivity contribution in [3.63, 3.8) is 0 Å². The molecule has 0 radical (unpaired) electrons. The molecule has 0 bridgehead atoms. The first kappa shape index (κ1) is 15.2. The van der Waals surface area contributed by atoms with E-state index in [0.717, 1.165) is 5.82 Å². The van der Waals surface area contributed by atoms with Crippen molar-refractivity contribution in [2.45, 2.75) is 26.4 Å². The Morgan fingerprint density at radius 3 is 2.63 bits per heavy atom. The molecule has 0 unspecified atom stereocenters. The first-order valence-corrected chi connectivity index (χ1v) is 6.18. The Kier molecular flexibility index (Phi) is 5.50. The molecule has 4 N–H and O–H groups in total. The number of carbonyl (C=O) groups is 2. The van der Waals surface area contributed by atoms with Crippen LogP contribution in [0.15, 0.2) is 12.4 Å². The van der Waals surface area contributed by atoms with Crippen LogP contribution in [-0.2, 0) is 23.2 Å². The van der Waals surface area contributed by atoms with Crippen LogP contribution in [0.3, 0.4) is 0 Å². The van der Waals surface area contributed by atoms with Gasteiger partial charge in [-0.05, 0) is 5.92 Å². The topological polar surface area (TPSA) is 102 Å². The molecule has 0 aliphatic rings. The van der Waals surface area contributed by atoms with Gasteiger partial charge in [-0.2, -0.15) is 0 Å². The average Bonchev–Trinajstić information content (AvgIpc) is 2.77. The summed E-state index contributed by atoms with van der Waals surface area (Å²) < 4.78 is 1.81. The van der Waals surface area contributed by atoms with E-state index in [1.165, 1.54) is 0 Å². The van der Waals surface area contributed by atoms with Gasteiger partial charge in [0, 0.05) is 19.4 Å². The molecular formula is C12H21N5O2. The predicted octanol–water partition coefficient (Wildman–Crippen LogP) is -0.864. The van der Waals surface area contributed by atoms with Crippen molar-refractivity contribution in [1.82, 2.24) is 20.2 Å². The molecule has 1 rings (SSSR count). The molecule has 2 amide bonds. The Balaban J connectivity index is 2.29. The van der Waals surface area contributed by atoms with Crippen molar-refractivity contribution in [3.8, 4) is 0 Å². The standard InChI is InChI=1S/C12H21N5O2/c1-8(2)11(13)12(19)16-7-10(18)15-6-9-14-4-5-17(9)3/h4-5,8,11H,6-7,13H2,1-3H3,(H,15,18)(H,16,19)/t11-/m0/s1. The molecule has 1 atom stereocenters. The van der Waals surface area contributed by atoms with E-state index < -0.39 is 6.04 Å². The van der Waals surface area contributed by atoms with E-state index in [-0.39, 0.29) is 24.3 Å². The van der Waals surface area contributed by atoms with Crippen LogP contribution in [-0.4, -0.2) is 34.0 Å². The SMILES string of the molecule is CC(C)[C@H](N)C(=O)NCC(=O)NCc1nccn1C. The second-order valence-corrected chi connectivity index (χ2v) is 4.72. The zero-order valence-corrected chi connectivity index (χ0v) is 11.5. The van der Waals surface area contributed by atoms with Gasteiger partial charge >= 0.3 is 0 Å². The van der Waals surface area contributed by atoms with Crippen LogP contribution in [0.2, 0.25) is 0 Å². The lowest BCUT2D eigenvalue weighted by Crippen LogP contribution is -2.47. The maximum atomic E-state index is 11.5. The van der Waals surface area contributed by atoms with E-state index >= 15 is 0 Å². The van der Waals surface area contributed by atoms with E-state index in [2.05, 4.69) is 15.6 Å². The second-order valence-electron chi connectivity index (χ2n) is 4.72. The van der Waals surface area contributed by atoms with Crippen LogP contribution in [0.4, 0.5) is 0 Å². The highest BCUT2D eigenvalue weighted by Crippen LogP contribution is 1.97. The average molecular weight is 267 g/mol. The molecule has 7 nitrogen and oxygen atoms in total. The van der Waals surface area contributed by atoms with Crippen molar-refractivity contribution in [2.24, 2.45) is 18.7 Å². The lowest BCUT2D eigenvalue weighted by atomic mass is 10.1. The fourth-order valence-electron chi connectivity index (χ4n) is 1.39. The van der Waals surface area contributed by atoms with Gasteiger partial charge in [0.2, 0.25) is 11.8 Å². The van der Waals surface area contributed by atoms with Gasteiger partial charge in [0.05, 0.1) is 19.1 Å². The number of amides is 2. The van der Waals surface area contributed by atoms with Crippen molar-refractivity contribution in [3.05, 3.63) is 18.2 Å². The number of nitrogens with zero attached hydrogens (tertiary/aromatic N) is 2. The van der Waals surface area contributed by atoms with Crippen molar-refractivity contribution in [1.29, 1.82) is 0 Å². The second kappa shape index (κ2) is 6.89. The lowest BCUT2D eigenvalue weighted by Gasteiger charge is -2.15. The summed E-state index contributed by atoms with van der Waals surface area (Å²) >= 11 is 0. The van der Waals surface area contributed by atoms with Gasteiger partial charge in [-0.1, -0.05) is 13.8 Å². The number of carbonyl (C=O) groups excluding carboxylic acids is 2. The summed E-state index contributed by atoms with van der Waals surface area (Å²) in [4.78, 5) is 27.2. The van der Waals surface area contributed by atoms with E-state index in [0.29, 0.717) is 6.54 Å². The number of aromatic nitrogens is 2. The Labute approximate surface area is 112 Å². The third-order valence-corrected chi connectivity index (χ3v) is 2.81. The molecule has 0 aliphatic carbocycles. The molecule has 1 heterocycles. The zero-order valence-electron chi connectivity index (χ0n) is 11.5. The summed E-state index contributed by atoms with van der Waals surface area (Å²) in [6.07, 6.45) is 3.45. The van der Waals surface area contributed by atoms with Crippen molar-refractivity contribution >= 4 is 11.8 Å². The van der Waals surface area contributed by atoms with Crippen LogP contribution in [0, 0.1) is 5.92 Å². The van der Waals surface area contributed by atoms with Gasteiger partial charge in [-0.25, -0.2) is 4.98 Å². The summed E-state index contributed by atoms with van der Waals surface area (Å²) in [6, 6.07) is -0.595. The smallest absolute Gasteiger partial charge is 0.239 e. The van der Waals surface area contributed by atoms with Gasteiger partial charge in [0.15, 0.2) is 0 Å². The molecule has 0 saturated carbocycles. The third-order valence-electron chi connectivity index (χ3n) is 2.81. The fourth-order valence-corrected chi connectivity index (χ4v) is 1.39. The number of nitrogens with two attached hydrogens (primary N) is 1. The maximum Gasteiger partial charge on any atom is 0.239 e. The third kappa shape index (κ3) is 4.70. The highest BCUT2D eigenvalue weighted by atomic mass is 16.2. The van der Waals surface area contributed by atoms with Gasteiger partial charge in [0.25, 0.3) is 0 Å². The highest BCUT2D eigenvalue weighted by molar-refractivity contribution is 5.87. The molecule has 1 aromatic rings. The van der Waals surface area contributed by atoms with Crippen LogP contribution in [0.1, 0.15) is 19.7 Å². The quantitative estimate of drug-likeness (QED) is 0.624. The lowest BCUT2D eigenvalue weighted by molar-refractivity contribution is -0.127. The fraction of sp³-hybridized carbons (Fsp3) is 0.583. The monoisotopic (exact) mass is 267 g/mol. The van der Waals surface area contributed by atoms with Crippen LogP contribution in [0.25, 0.3) is 0 Å². The summed E-state index contributed by atoms with van der Waals surface area (Å²) in [5.74, 6) is 0.198. The molecule has 0 saturated heterocycles. The molecule has 0 aliphatic heterocycles. The Morgan fingerprint density at radius 2 is 2.11 bits per heavy atom. The van der Waals surface area contributed by atoms with E-state index in [9.17, 15) is 9.59 Å². The Hall–Kier alpha value is -1.89. The van der Waals surface area contributed by atoms with Crippen LogP contribution < -0.4 is 16.4 Å². The summed E-state index contributed by atoms with van der Waals surface area (Å²) in [5.41, 5.74) is 5.66. The number of hydrogen-bond donors (Lipinski definition) is 3. The minimum absolute atomic E-state index is 0.0376. The van der Waals surface area contributed by atoms with Gasteiger partial charge in [-0.15, -0.1) is 0 Å². The molecule has 19 heavy (non-hydrogen) atoms. The first-order valence-electron chi connectivity index (χ1n) is 6.18. The molecule has 106 valence electrons. The first-order chi connectivity index (χ1) is 8.91. The molecule has 1 aromatic heterocycles. The van der Waals surface area contributed by atoms with Crippen molar-refractivity contribution < 1.29 is 9.59 Å². The largest absolute Gasteiger partial charge is 0.347 e. The summed E-state index contributed by atoms with van der Waals surface area (Å²) in [6.45, 7) is 3.95. The van der Waals surface area contributed by atoms with Crippen LogP contribution >= 0.6 is 0 Å². The van der Waals surface area contributed by atoms with Gasteiger partial charge < -0.3 is 20.9 Å². The number of imidazole rings is 1. The Bertz CT molecular complexity index is 441. The van der Waals surface area contributed by atoms with E-state index in [4.69, 9.17) is 5.73 Å². The minimum atomic E-state index is -0.595. The van der Waals surface area contributed by atoms with Gasteiger partial charge in [0.1, 0.15) is 5.82 Å². The van der Waals surface area contributed by atoms with E-state index in [1.807, 2.05) is 25.5 Å². The molecule has 0 spiro atoms. The molecule has 0 aromatic carbocycles. The molecular weight excluding hydrogens is 246 g/mol. The molecule has 7 heteroatoms. The summed E-state index contributed by atoms with van der Waals surface area (Å²) in [7, 11) is 1.85.